The van der Waals surface area contributed by atoms with Gasteiger partial charge < -0.3 is 15.2 Å². The van der Waals surface area contributed by atoms with Crippen LogP contribution >= 0.6 is 0 Å². The average molecular weight is 267 g/mol. The van der Waals surface area contributed by atoms with Gasteiger partial charge in [0.1, 0.15) is 0 Å². The Balaban J connectivity index is 2.46. The van der Waals surface area contributed by atoms with Crippen molar-refractivity contribution in [1.29, 1.82) is 0 Å². The van der Waals surface area contributed by atoms with Gasteiger partial charge >= 0.3 is 0 Å². The maximum Gasteiger partial charge on any atom is 0.196 e. The summed E-state index contributed by atoms with van der Waals surface area (Å²) in [6.45, 7) is 0.544. The lowest BCUT2D eigenvalue weighted by molar-refractivity contribution is 0.294. The second-order valence-electron chi connectivity index (χ2n) is 5.24. The van der Waals surface area contributed by atoms with Gasteiger partial charge in [-0.25, -0.2) is 4.39 Å². The molecule has 0 atom stereocenters. The topological polar surface area (TPSA) is 44.5 Å². The fourth-order valence-electron chi connectivity index (χ4n) is 3.06. The first-order valence-corrected chi connectivity index (χ1v) is 6.79. The van der Waals surface area contributed by atoms with Crippen molar-refractivity contribution in [3.63, 3.8) is 0 Å². The van der Waals surface area contributed by atoms with E-state index in [2.05, 4.69) is 0 Å². The maximum absolute atomic E-state index is 14.1. The minimum atomic E-state index is -0.379. The highest BCUT2D eigenvalue weighted by Crippen LogP contribution is 2.42. The molecule has 4 heteroatoms. The minimum absolute atomic E-state index is 0.112. The summed E-state index contributed by atoms with van der Waals surface area (Å²) in [6, 6.07) is 3.43. The average Bonchev–Trinajstić information content (AvgIpc) is 2.47. The molecule has 19 heavy (non-hydrogen) atoms. The highest BCUT2D eigenvalue weighted by atomic mass is 19.1. The first-order valence-electron chi connectivity index (χ1n) is 6.79. The van der Waals surface area contributed by atoms with Gasteiger partial charge in [-0.1, -0.05) is 19.3 Å². The van der Waals surface area contributed by atoms with Crippen molar-refractivity contribution in [1.82, 2.24) is 0 Å². The van der Waals surface area contributed by atoms with E-state index in [4.69, 9.17) is 15.2 Å². The number of ether oxygens (including phenoxy) is 2. The second kappa shape index (κ2) is 5.78. The molecule has 1 aromatic carbocycles. The molecular weight excluding hydrogens is 245 g/mol. The summed E-state index contributed by atoms with van der Waals surface area (Å²) in [7, 11) is 2.97. The van der Waals surface area contributed by atoms with Crippen LogP contribution in [0.25, 0.3) is 0 Å². The predicted molar refractivity (Wildman–Crippen MR) is 73.3 cm³/mol. The lowest BCUT2D eigenvalue weighted by Gasteiger charge is -2.37. The van der Waals surface area contributed by atoms with Crippen LogP contribution in [-0.2, 0) is 5.41 Å². The Morgan fingerprint density at radius 2 is 1.84 bits per heavy atom. The second-order valence-corrected chi connectivity index (χ2v) is 5.24. The molecule has 0 spiro atoms. The van der Waals surface area contributed by atoms with Crippen molar-refractivity contribution in [3.05, 3.63) is 23.5 Å². The Labute approximate surface area is 113 Å². The van der Waals surface area contributed by atoms with Gasteiger partial charge in [-0.05, 0) is 30.5 Å². The molecule has 0 saturated heterocycles. The molecule has 2 rings (SSSR count). The fraction of sp³-hybridized carbons (Fsp3) is 0.600. The zero-order valence-electron chi connectivity index (χ0n) is 11.7. The Morgan fingerprint density at radius 1 is 1.16 bits per heavy atom. The number of hydrogen-bond donors (Lipinski definition) is 1. The van der Waals surface area contributed by atoms with Gasteiger partial charge in [-0.3, -0.25) is 0 Å². The molecule has 3 nitrogen and oxygen atoms in total. The molecule has 0 radical (unpaired) electrons. The lowest BCUT2D eigenvalue weighted by Crippen LogP contribution is -2.37. The van der Waals surface area contributed by atoms with Crippen LogP contribution in [0, 0.1) is 5.82 Å². The zero-order chi connectivity index (χ0) is 13.9. The van der Waals surface area contributed by atoms with E-state index < -0.39 is 0 Å². The van der Waals surface area contributed by atoms with E-state index in [0.29, 0.717) is 12.3 Å². The molecule has 1 aliphatic rings. The molecule has 0 heterocycles. The molecule has 1 aromatic rings. The zero-order valence-corrected chi connectivity index (χ0v) is 11.7. The number of nitrogens with two attached hydrogens (primary N) is 1. The molecule has 0 unspecified atom stereocenters. The van der Waals surface area contributed by atoms with Crippen molar-refractivity contribution in [3.8, 4) is 11.5 Å². The Bertz CT molecular complexity index is 442. The normalized spacial score (nSPS) is 18.1. The predicted octanol–water partition coefficient (Wildman–Crippen LogP) is 3.00. The van der Waals surface area contributed by atoms with Crippen molar-refractivity contribution in [2.24, 2.45) is 5.73 Å². The Morgan fingerprint density at radius 3 is 2.37 bits per heavy atom. The van der Waals surface area contributed by atoms with Crippen molar-refractivity contribution in [2.75, 3.05) is 20.8 Å². The molecule has 0 bridgehead atoms. The van der Waals surface area contributed by atoms with Gasteiger partial charge in [-0.2, -0.15) is 0 Å². The standard InChI is InChI=1S/C15H22FNO2/c1-18-13-9-11(8-12(16)14(13)19-2)15(10-17)6-4-3-5-7-15/h8-9H,3-7,10,17H2,1-2H3. The Hall–Kier alpha value is -1.29. The van der Waals surface area contributed by atoms with Crippen molar-refractivity contribution >= 4 is 0 Å². The van der Waals surface area contributed by atoms with Crippen LogP contribution in [0.1, 0.15) is 37.7 Å². The van der Waals surface area contributed by atoms with Gasteiger partial charge in [0.15, 0.2) is 17.3 Å². The van der Waals surface area contributed by atoms with Crippen LogP contribution in [0.2, 0.25) is 0 Å². The fourth-order valence-corrected chi connectivity index (χ4v) is 3.06. The summed E-state index contributed by atoms with van der Waals surface area (Å²) in [6.07, 6.45) is 5.55. The summed E-state index contributed by atoms with van der Waals surface area (Å²) < 4.78 is 24.4. The van der Waals surface area contributed by atoms with Gasteiger partial charge in [0.05, 0.1) is 14.2 Å². The smallest absolute Gasteiger partial charge is 0.196 e. The van der Waals surface area contributed by atoms with E-state index in [-0.39, 0.29) is 17.0 Å². The van der Waals surface area contributed by atoms with Crippen LogP contribution in [0.15, 0.2) is 12.1 Å². The molecular formula is C15H22FNO2. The van der Waals surface area contributed by atoms with Gasteiger partial charge in [0.2, 0.25) is 0 Å². The van der Waals surface area contributed by atoms with E-state index in [1.807, 2.05) is 6.07 Å². The van der Waals surface area contributed by atoms with Gasteiger partial charge in [0.25, 0.3) is 0 Å². The largest absolute Gasteiger partial charge is 0.493 e. The molecule has 0 aliphatic heterocycles. The highest BCUT2D eigenvalue weighted by Gasteiger charge is 2.34. The van der Waals surface area contributed by atoms with Crippen molar-refractivity contribution < 1.29 is 13.9 Å². The van der Waals surface area contributed by atoms with Gasteiger partial charge in [-0.15, -0.1) is 0 Å². The third kappa shape index (κ3) is 2.54. The van der Waals surface area contributed by atoms with Crippen LogP contribution in [-0.4, -0.2) is 20.8 Å². The lowest BCUT2D eigenvalue weighted by atomic mass is 9.69. The van der Waals surface area contributed by atoms with Crippen LogP contribution in [0.5, 0.6) is 11.5 Å². The maximum atomic E-state index is 14.1. The number of benzene rings is 1. The number of rotatable bonds is 4. The summed E-state index contributed by atoms with van der Waals surface area (Å²) in [5.74, 6) is 0.223. The van der Waals surface area contributed by atoms with Crippen LogP contribution in [0.4, 0.5) is 4.39 Å². The monoisotopic (exact) mass is 267 g/mol. The van der Waals surface area contributed by atoms with E-state index >= 15 is 0 Å². The number of hydrogen-bond acceptors (Lipinski definition) is 3. The summed E-state index contributed by atoms with van der Waals surface area (Å²) in [4.78, 5) is 0. The SMILES string of the molecule is COc1cc(C2(CN)CCCCC2)cc(F)c1OC. The van der Waals surface area contributed by atoms with E-state index in [1.165, 1.54) is 20.6 Å². The first kappa shape index (κ1) is 14.1. The molecule has 106 valence electrons. The molecule has 1 saturated carbocycles. The van der Waals surface area contributed by atoms with E-state index in [1.54, 1.807) is 6.07 Å². The van der Waals surface area contributed by atoms with Crippen LogP contribution < -0.4 is 15.2 Å². The van der Waals surface area contributed by atoms with Crippen molar-refractivity contribution in [2.45, 2.75) is 37.5 Å². The van der Waals surface area contributed by atoms with E-state index in [0.717, 1.165) is 31.2 Å². The number of halogens is 1. The number of methoxy groups -OCH3 is 2. The molecule has 0 aromatic heterocycles. The molecule has 1 aliphatic carbocycles. The quantitative estimate of drug-likeness (QED) is 0.912. The third-order valence-corrected chi connectivity index (χ3v) is 4.25. The van der Waals surface area contributed by atoms with Gasteiger partial charge in [0, 0.05) is 12.0 Å². The molecule has 1 fully saturated rings. The summed E-state index contributed by atoms with van der Waals surface area (Å²) in [5.41, 5.74) is 6.81. The summed E-state index contributed by atoms with van der Waals surface area (Å²) >= 11 is 0. The minimum Gasteiger partial charge on any atom is -0.493 e. The highest BCUT2D eigenvalue weighted by molar-refractivity contribution is 5.46. The third-order valence-electron chi connectivity index (χ3n) is 4.25. The first-order chi connectivity index (χ1) is 9.16. The van der Waals surface area contributed by atoms with E-state index in [9.17, 15) is 4.39 Å². The Kier molecular flexibility index (Phi) is 4.30. The van der Waals surface area contributed by atoms with Crippen LogP contribution in [0.3, 0.4) is 0 Å². The summed E-state index contributed by atoms with van der Waals surface area (Å²) in [5, 5.41) is 0. The molecule has 0 amide bonds. The molecule has 2 N–H and O–H groups in total.